The standard InChI is InChI=1S/C20H36O6/c1-2-3-4-7-14(21)10-11-16-17(19(24)13-18(16)23)12-15(22)8-5-6-9-20(25)26/h14,16-19,21,23-24H,2-13H2,1H3,(H,25,26)/t14-,16+,17-,18+,19-/m0/s1. The second-order valence-corrected chi connectivity index (χ2v) is 7.77. The monoisotopic (exact) mass is 372 g/mol. The van der Waals surface area contributed by atoms with Crippen LogP contribution >= 0.6 is 0 Å². The molecule has 1 fully saturated rings. The van der Waals surface area contributed by atoms with Crippen LogP contribution in [0.5, 0.6) is 0 Å². The van der Waals surface area contributed by atoms with Crippen LogP contribution in [0.1, 0.15) is 84.0 Å². The van der Waals surface area contributed by atoms with E-state index in [0.717, 1.165) is 25.7 Å². The molecule has 4 N–H and O–H groups in total. The first-order chi connectivity index (χ1) is 12.3. The van der Waals surface area contributed by atoms with E-state index in [1.807, 2.05) is 0 Å². The van der Waals surface area contributed by atoms with Crippen LogP contribution in [0.25, 0.3) is 0 Å². The van der Waals surface area contributed by atoms with E-state index < -0.39 is 18.2 Å². The fourth-order valence-corrected chi connectivity index (χ4v) is 3.98. The number of carbonyl (C=O) groups is 2. The Morgan fingerprint density at radius 1 is 0.962 bits per heavy atom. The van der Waals surface area contributed by atoms with Crippen LogP contribution in [0, 0.1) is 11.8 Å². The second-order valence-electron chi connectivity index (χ2n) is 7.77. The molecule has 0 bridgehead atoms. The number of ketones is 1. The predicted octanol–water partition coefficient (Wildman–Crippen LogP) is 2.67. The Kier molecular flexibility index (Phi) is 11.0. The first-order valence-electron chi connectivity index (χ1n) is 10.1. The molecule has 0 amide bonds. The third kappa shape index (κ3) is 8.60. The Bertz CT molecular complexity index is 425. The van der Waals surface area contributed by atoms with Gasteiger partial charge in [0.15, 0.2) is 0 Å². The number of aliphatic hydroxyl groups is 3. The first-order valence-corrected chi connectivity index (χ1v) is 10.1. The number of unbranched alkanes of at least 4 members (excludes halogenated alkanes) is 3. The van der Waals surface area contributed by atoms with Gasteiger partial charge in [-0.3, -0.25) is 9.59 Å². The molecule has 6 heteroatoms. The third-order valence-electron chi connectivity index (χ3n) is 5.56. The number of hydrogen-bond donors (Lipinski definition) is 4. The third-order valence-corrected chi connectivity index (χ3v) is 5.56. The van der Waals surface area contributed by atoms with Crippen LogP contribution in [0.2, 0.25) is 0 Å². The number of aliphatic carboxylic acids is 1. The lowest BCUT2D eigenvalue weighted by Crippen LogP contribution is -2.26. The van der Waals surface area contributed by atoms with E-state index in [1.165, 1.54) is 0 Å². The summed E-state index contributed by atoms with van der Waals surface area (Å²) in [5.41, 5.74) is 0. The molecule has 152 valence electrons. The molecule has 0 radical (unpaired) electrons. The van der Waals surface area contributed by atoms with Crippen molar-refractivity contribution in [3.05, 3.63) is 0 Å². The van der Waals surface area contributed by atoms with Crippen molar-refractivity contribution < 1.29 is 30.0 Å². The molecular formula is C20H36O6. The van der Waals surface area contributed by atoms with Crippen molar-refractivity contribution in [1.29, 1.82) is 0 Å². The summed E-state index contributed by atoms with van der Waals surface area (Å²) in [6, 6.07) is 0. The molecule has 0 aliphatic heterocycles. The minimum Gasteiger partial charge on any atom is -0.481 e. The van der Waals surface area contributed by atoms with E-state index in [4.69, 9.17) is 5.11 Å². The summed E-state index contributed by atoms with van der Waals surface area (Å²) in [6.45, 7) is 2.12. The van der Waals surface area contributed by atoms with Crippen molar-refractivity contribution in [2.45, 2.75) is 102 Å². The molecule has 5 atom stereocenters. The smallest absolute Gasteiger partial charge is 0.303 e. The number of Topliss-reactive ketones (excluding diaryl/α,β-unsaturated/α-hetero) is 1. The molecule has 6 nitrogen and oxygen atoms in total. The fourth-order valence-electron chi connectivity index (χ4n) is 3.98. The average Bonchev–Trinajstić information content (AvgIpc) is 2.83. The highest BCUT2D eigenvalue weighted by Gasteiger charge is 2.42. The summed E-state index contributed by atoms with van der Waals surface area (Å²) in [4.78, 5) is 22.7. The van der Waals surface area contributed by atoms with Gasteiger partial charge in [-0.25, -0.2) is 0 Å². The SMILES string of the molecule is CCCCC[C@H](O)CC[C@@H]1[C@H](CC(=O)CCCCC(=O)O)[C@@H](O)C[C@H]1O. The summed E-state index contributed by atoms with van der Waals surface area (Å²) in [5.74, 6) is -1.26. The molecule has 0 saturated heterocycles. The van der Waals surface area contributed by atoms with E-state index in [0.29, 0.717) is 32.1 Å². The van der Waals surface area contributed by atoms with Crippen molar-refractivity contribution in [3.8, 4) is 0 Å². The van der Waals surface area contributed by atoms with Gasteiger partial charge < -0.3 is 20.4 Å². The minimum absolute atomic E-state index is 0.0158. The van der Waals surface area contributed by atoms with Gasteiger partial charge in [-0.1, -0.05) is 26.2 Å². The summed E-state index contributed by atoms with van der Waals surface area (Å²) < 4.78 is 0. The topological polar surface area (TPSA) is 115 Å². The predicted molar refractivity (Wildman–Crippen MR) is 98.7 cm³/mol. The molecule has 1 rings (SSSR count). The van der Waals surface area contributed by atoms with E-state index in [-0.39, 0.29) is 43.0 Å². The highest BCUT2D eigenvalue weighted by molar-refractivity contribution is 5.78. The van der Waals surface area contributed by atoms with Gasteiger partial charge in [0, 0.05) is 19.3 Å². The van der Waals surface area contributed by atoms with Crippen molar-refractivity contribution in [2.75, 3.05) is 0 Å². The number of carboxylic acid groups (broad SMARTS) is 1. The van der Waals surface area contributed by atoms with Crippen LogP contribution < -0.4 is 0 Å². The molecule has 1 saturated carbocycles. The van der Waals surface area contributed by atoms with Gasteiger partial charge >= 0.3 is 5.97 Å². The summed E-state index contributed by atoms with van der Waals surface area (Å²) in [6.07, 6.45) is 5.36. The average molecular weight is 373 g/mol. The minimum atomic E-state index is -0.857. The Morgan fingerprint density at radius 3 is 2.27 bits per heavy atom. The van der Waals surface area contributed by atoms with Crippen molar-refractivity contribution in [3.63, 3.8) is 0 Å². The molecule has 0 aromatic heterocycles. The number of aliphatic hydroxyl groups excluding tert-OH is 3. The van der Waals surface area contributed by atoms with Gasteiger partial charge in [0.05, 0.1) is 18.3 Å². The summed E-state index contributed by atoms with van der Waals surface area (Å²) in [5, 5.41) is 39.1. The van der Waals surface area contributed by atoms with Gasteiger partial charge in [-0.15, -0.1) is 0 Å². The van der Waals surface area contributed by atoms with Gasteiger partial charge in [-0.05, 0) is 50.4 Å². The number of hydrogen-bond acceptors (Lipinski definition) is 5. The maximum absolute atomic E-state index is 12.2. The Balaban J connectivity index is 2.40. The van der Waals surface area contributed by atoms with Crippen molar-refractivity contribution in [1.82, 2.24) is 0 Å². The largest absolute Gasteiger partial charge is 0.481 e. The van der Waals surface area contributed by atoms with E-state index in [9.17, 15) is 24.9 Å². The number of carbonyl (C=O) groups excluding carboxylic acids is 1. The lowest BCUT2D eigenvalue weighted by atomic mass is 9.84. The second kappa shape index (κ2) is 12.4. The number of carboxylic acids is 1. The molecule has 0 unspecified atom stereocenters. The maximum Gasteiger partial charge on any atom is 0.303 e. The lowest BCUT2D eigenvalue weighted by Gasteiger charge is -2.24. The Hall–Kier alpha value is -0.980. The van der Waals surface area contributed by atoms with E-state index >= 15 is 0 Å². The van der Waals surface area contributed by atoms with Gasteiger partial charge in [0.1, 0.15) is 5.78 Å². The molecule has 0 aromatic carbocycles. The molecule has 0 aromatic rings. The highest BCUT2D eigenvalue weighted by atomic mass is 16.4. The van der Waals surface area contributed by atoms with Crippen LogP contribution in [-0.2, 0) is 9.59 Å². The first kappa shape index (κ1) is 23.1. The molecular weight excluding hydrogens is 336 g/mol. The Morgan fingerprint density at radius 2 is 1.62 bits per heavy atom. The maximum atomic E-state index is 12.2. The van der Waals surface area contributed by atoms with Gasteiger partial charge in [0.25, 0.3) is 0 Å². The Labute approximate surface area is 156 Å². The molecule has 1 aliphatic rings. The van der Waals surface area contributed by atoms with E-state index in [1.54, 1.807) is 0 Å². The van der Waals surface area contributed by atoms with Crippen LogP contribution in [-0.4, -0.2) is 50.5 Å². The van der Waals surface area contributed by atoms with Crippen LogP contribution in [0.15, 0.2) is 0 Å². The molecule has 26 heavy (non-hydrogen) atoms. The van der Waals surface area contributed by atoms with Crippen molar-refractivity contribution >= 4 is 11.8 Å². The zero-order valence-corrected chi connectivity index (χ0v) is 16.0. The lowest BCUT2D eigenvalue weighted by molar-refractivity contribution is -0.137. The normalized spacial score (nSPS) is 26.8. The zero-order valence-electron chi connectivity index (χ0n) is 16.0. The fraction of sp³-hybridized carbons (Fsp3) is 0.900. The summed E-state index contributed by atoms with van der Waals surface area (Å²) >= 11 is 0. The molecule has 0 heterocycles. The van der Waals surface area contributed by atoms with Crippen LogP contribution in [0.3, 0.4) is 0 Å². The molecule has 1 aliphatic carbocycles. The van der Waals surface area contributed by atoms with Crippen molar-refractivity contribution in [2.24, 2.45) is 11.8 Å². The quantitative estimate of drug-likeness (QED) is 0.349. The zero-order chi connectivity index (χ0) is 19.5. The number of rotatable bonds is 14. The van der Waals surface area contributed by atoms with Gasteiger partial charge in [0.2, 0.25) is 0 Å². The summed E-state index contributed by atoms with van der Waals surface area (Å²) in [7, 11) is 0. The van der Waals surface area contributed by atoms with E-state index in [2.05, 4.69) is 6.92 Å². The molecule has 0 spiro atoms. The highest BCUT2D eigenvalue weighted by Crippen LogP contribution is 2.38. The van der Waals surface area contributed by atoms with Crippen LogP contribution in [0.4, 0.5) is 0 Å². The van der Waals surface area contributed by atoms with Gasteiger partial charge in [-0.2, -0.15) is 0 Å².